The summed E-state index contributed by atoms with van der Waals surface area (Å²) in [6, 6.07) is 16.2. The molecule has 1 N–H and O–H groups in total. The summed E-state index contributed by atoms with van der Waals surface area (Å²) in [7, 11) is 0. The van der Waals surface area contributed by atoms with Gasteiger partial charge in [0.15, 0.2) is 5.92 Å². The predicted molar refractivity (Wildman–Crippen MR) is 123 cm³/mol. The molecule has 3 aliphatic rings. The third kappa shape index (κ3) is 3.72. The van der Waals surface area contributed by atoms with Crippen molar-refractivity contribution in [2.24, 2.45) is 16.1 Å². The normalized spacial score (nSPS) is 20.7. The number of rotatable bonds is 5. The first-order valence-corrected chi connectivity index (χ1v) is 10.4. The largest absolute Gasteiger partial charge is 0.325 e. The lowest BCUT2D eigenvalue weighted by Gasteiger charge is -2.14. The summed E-state index contributed by atoms with van der Waals surface area (Å²) in [6.45, 7) is 0. The van der Waals surface area contributed by atoms with E-state index in [2.05, 4.69) is 15.5 Å². The van der Waals surface area contributed by atoms with Gasteiger partial charge in [-0.05, 0) is 47.6 Å². The van der Waals surface area contributed by atoms with Gasteiger partial charge in [-0.15, -0.1) is 10.2 Å². The zero-order chi connectivity index (χ0) is 22.9. The van der Waals surface area contributed by atoms with Crippen molar-refractivity contribution in [2.45, 2.75) is 12.1 Å². The molecule has 2 aliphatic carbocycles. The van der Waals surface area contributed by atoms with E-state index in [1.54, 1.807) is 54.6 Å². The van der Waals surface area contributed by atoms with Gasteiger partial charge < -0.3 is 5.32 Å². The van der Waals surface area contributed by atoms with Gasteiger partial charge in [0.25, 0.3) is 0 Å². The molecule has 33 heavy (non-hydrogen) atoms. The molecule has 0 saturated carbocycles. The number of hydrogen-bond acceptors (Lipinski definition) is 5. The van der Waals surface area contributed by atoms with Crippen LogP contribution < -0.4 is 5.32 Å². The molecule has 0 bridgehead atoms. The second-order valence-corrected chi connectivity index (χ2v) is 7.82. The topological polar surface area (TPSA) is 94.7 Å². The number of anilines is 1. The molecule has 1 aliphatic heterocycles. The Morgan fingerprint density at radius 1 is 1.03 bits per heavy atom. The van der Waals surface area contributed by atoms with Gasteiger partial charge >= 0.3 is 0 Å². The Kier molecular flexibility index (Phi) is 5.11. The molecule has 1 amide bonds. The van der Waals surface area contributed by atoms with Gasteiger partial charge in [0.05, 0.1) is 6.07 Å². The summed E-state index contributed by atoms with van der Waals surface area (Å²) in [6.07, 6.45) is 7.35. The Morgan fingerprint density at radius 2 is 1.79 bits per heavy atom. The number of nitriles is 1. The van der Waals surface area contributed by atoms with Gasteiger partial charge in [0.1, 0.15) is 17.6 Å². The van der Waals surface area contributed by atoms with Crippen LogP contribution in [-0.4, -0.2) is 29.3 Å². The van der Waals surface area contributed by atoms with Crippen LogP contribution >= 0.6 is 0 Å². The van der Waals surface area contributed by atoms with Crippen LogP contribution in [0.25, 0.3) is 6.08 Å². The molecular formula is C26H17FN4O2. The molecule has 1 atom stereocenters. The van der Waals surface area contributed by atoms with Crippen LogP contribution in [0.5, 0.6) is 0 Å². The monoisotopic (exact) mass is 436 g/mol. The highest BCUT2D eigenvalue weighted by atomic mass is 19.1. The third-order valence-electron chi connectivity index (χ3n) is 5.71. The molecule has 7 heteroatoms. The number of nitrogens with zero attached hydrogens (tertiary/aromatic N) is 3. The van der Waals surface area contributed by atoms with Crippen LogP contribution in [0.2, 0.25) is 0 Å². The van der Waals surface area contributed by atoms with Crippen molar-refractivity contribution < 1.29 is 14.0 Å². The summed E-state index contributed by atoms with van der Waals surface area (Å²) in [4.78, 5) is 25.7. The first kappa shape index (κ1) is 20.5. The number of carbonyl (C=O) groups is 2. The van der Waals surface area contributed by atoms with Gasteiger partial charge in [-0.1, -0.05) is 42.5 Å². The third-order valence-corrected chi connectivity index (χ3v) is 5.71. The lowest BCUT2D eigenvalue weighted by molar-refractivity contribution is -0.125. The minimum Gasteiger partial charge on any atom is -0.325 e. The van der Waals surface area contributed by atoms with Gasteiger partial charge in [0, 0.05) is 22.7 Å². The van der Waals surface area contributed by atoms with Crippen molar-refractivity contribution in [1.29, 1.82) is 5.26 Å². The second-order valence-electron chi connectivity index (χ2n) is 7.82. The molecule has 0 fully saturated rings. The Labute approximate surface area is 189 Å². The Balaban J connectivity index is 1.35. The highest BCUT2D eigenvalue weighted by molar-refractivity contribution is 6.59. The fourth-order valence-electron chi connectivity index (χ4n) is 4.02. The quantitative estimate of drug-likeness (QED) is 0.564. The fourth-order valence-corrected chi connectivity index (χ4v) is 4.02. The van der Waals surface area contributed by atoms with Crippen molar-refractivity contribution in [3.63, 3.8) is 0 Å². The van der Waals surface area contributed by atoms with Crippen molar-refractivity contribution in [1.82, 2.24) is 0 Å². The average molecular weight is 436 g/mol. The molecule has 1 unspecified atom stereocenters. The van der Waals surface area contributed by atoms with E-state index in [1.807, 2.05) is 18.2 Å². The molecule has 1 heterocycles. The number of para-hydroxylation sites is 1. The average Bonchev–Trinajstić information content (AvgIpc) is 3.39. The minimum absolute atomic E-state index is 0.00441. The number of halogens is 1. The summed E-state index contributed by atoms with van der Waals surface area (Å²) in [5.74, 6) is -3.02. The number of ketones is 1. The molecular weight excluding hydrogens is 419 g/mol. The molecule has 2 aromatic carbocycles. The van der Waals surface area contributed by atoms with Crippen LogP contribution in [0, 0.1) is 17.2 Å². The van der Waals surface area contributed by atoms with Gasteiger partial charge in [-0.25, -0.2) is 4.39 Å². The molecule has 5 rings (SSSR count). The summed E-state index contributed by atoms with van der Waals surface area (Å²) in [5, 5.41) is 20.3. The number of hydrogen-bond donors (Lipinski definition) is 1. The van der Waals surface area contributed by atoms with Crippen LogP contribution in [0.1, 0.15) is 22.6 Å². The Morgan fingerprint density at radius 3 is 2.52 bits per heavy atom. The van der Waals surface area contributed by atoms with Crippen LogP contribution in [0.15, 0.2) is 88.6 Å². The number of carbonyl (C=O) groups excluding carboxylic acids is 2. The van der Waals surface area contributed by atoms with Crippen LogP contribution in [0.3, 0.4) is 0 Å². The van der Waals surface area contributed by atoms with E-state index in [4.69, 9.17) is 0 Å². The van der Waals surface area contributed by atoms with Gasteiger partial charge in [0.2, 0.25) is 11.7 Å². The van der Waals surface area contributed by atoms with Gasteiger partial charge in [-0.2, -0.15) is 5.26 Å². The first-order valence-electron chi connectivity index (χ1n) is 10.4. The lowest BCUT2D eigenvalue weighted by Crippen LogP contribution is -2.33. The van der Waals surface area contributed by atoms with Crippen LogP contribution in [0.4, 0.5) is 10.1 Å². The van der Waals surface area contributed by atoms with Crippen molar-refractivity contribution >= 4 is 34.9 Å². The van der Waals surface area contributed by atoms with E-state index in [1.165, 1.54) is 12.2 Å². The van der Waals surface area contributed by atoms with E-state index >= 15 is 0 Å². The maximum absolute atomic E-state index is 13.4. The van der Waals surface area contributed by atoms with Gasteiger partial charge in [-0.3, -0.25) is 9.59 Å². The van der Waals surface area contributed by atoms with E-state index < -0.39 is 23.8 Å². The molecule has 0 saturated heterocycles. The maximum Gasteiger partial charge on any atom is 0.249 e. The molecule has 0 spiro atoms. The van der Waals surface area contributed by atoms with Crippen molar-refractivity contribution in [3.05, 3.63) is 95.1 Å². The standard InChI is InChI=1S/C26H17FN4O2/c27-18-10-8-15(9-11-18)16-6-7-17-13-21-23(20(17)12-16)30-31-24(21)25(32)22(14-28)26(33)29-19-4-2-1-3-5-19/h1-13,15,18,22H,(H,29,33). The highest BCUT2D eigenvalue weighted by Gasteiger charge is 2.38. The molecule has 0 aromatic heterocycles. The van der Waals surface area contributed by atoms with E-state index in [0.29, 0.717) is 17.0 Å². The van der Waals surface area contributed by atoms with E-state index in [9.17, 15) is 19.2 Å². The molecule has 6 nitrogen and oxygen atoms in total. The second kappa shape index (κ2) is 8.24. The Hall–Kier alpha value is -4.44. The van der Waals surface area contributed by atoms with E-state index in [-0.39, 0.29) is 11.6 Å². The number of amides is 1. The fraction of sp³-hybridized carbons (Fsp3) is 0.115. The van der Waals surface area contributed by atoms with Crippen molar-refractivity contribution in [2.75, 3.05) is 5.32 Å². The molecule has 2 aromatic rings. The Bertz CT molecular complexity index is 1350. The van der Waals surface area contributed by atoms with E-state index in [0.717, 1.165) is 16.7 Å². The predicted octanol–water partition coefficient (Wildman–Crippen LogP) is 4.14. The maximum atomic E-state index is 13.4. The summed E-state index contributed by atoms with van der Waals surface area (Å²) >= 11 is 0. The minimum atomic E-state index is -1.55. The number of allylic oxidation sites excluding steroid dienone is 5. The van der Waals surface area contributed by atoms with Crippen molar-refractivity contribution in [3.8, 4) is 6.07 Å². The molecule has 0 radical (unpaired) electrons. The highest BCUT2D eigenvalue weighted by Crippen LogP contribution is 2.34. The number of Topliss-reactive ketones (excluding diaryl/α,β-unsaturated/α-hetero) is 1. The van der Waals surface area contributed by atoms with Crippen LogP contribution in [-0.2, 0) is 9.59 Å². The summed E-state index contributed by atoms with van der Waals surface area (Å²) in [5.41, 5.74) is 4.15. The lowest BCUT2D eigenvalue weighted by atomic mass is 9.91. The number of benzene rings is 2. The summed E-state index contributed by atoms with van der Waals surface area (Å²) < 4.78 is 13.4. The number of nitrogens with one attached hydrogen (secondary N) is 1. The zero-order valence-corrected chi connectivity index (χ0v) is 17.3. The first-order chi connectivity index (χ1) is 16.0. The number of alkyl halides is 1. The SMILES string of the molecule is N#CC(C(=O)Nc1ccccc1)C(=O)C1=NN=C2C1=Cc1ccc(C3C=CC(F)C=C3)cc12. The smallest absolute Gasteiger partial charge is 0.249 e. The number of fused-ring (bicyclic) bond motifs is 3. The molecule has 160 valence electrons. The zero-order valence-electron chi connectivity index (χ0n) is 17.3.